The van der Waals surface area contributed by atoms with Crippen LogP contribution in [0.15, 0.2) is 12.1 Å². The van der Waals surface area contributed by atoms with Crippen LogP contribution in [0.5, 0.6) is 5.75 Å². The van der Waals surface area contributed by atoms with Crippen LogP contribution in [0.25, 0.3) is 0 Å². The summed E-state index contributed by atoms with van der Waals surface area (Å²) >= 11 is 1.94. The third kappa shape index (κ3) is 4.17. The molecule has 21 heavy (non-hydrogen) atoms. The van der Waals surface area contributed by atoms with Crippen molar-refractivity contribution in [3.05, 3.63) is 28.8 Å². The van der Waals surface area contributed by atoms with E-state index in [4.69, 9.17) is 0 Å². The van der Waals surface area contributed by atoms with Crippen LogP contribution < -0.4 is 5.32 Å². The van der Waals surface area contributed by atoms with E-state index in [1.807, 2.05) is 23.9 Å². The Morgan fingerprint density at radius 1 is 1.19 bits per heavy atom. The highest BCUT2D eigenvalue weighted by Crippen LogP contribution is 2.45. The van der Waals surface area contributed by atoms with Gasteiger partial charge in [0.1, 0.15) is 5.75 Å². The standard InChI is InChI=1S/C18H29NOS/c1-13-8-9-16(20)18-15(12-14(2)17(13)18)19-10-6-4-5-7-11-21-3/h8-9,14-15,19-20H,4-7,10-12H2,1-3H3. The number of benzene rings is 1. The lowest BCUT2D eigenvalue weighted by atomic mass is 9.97. The first-order valence-electron chi connectivity index (χ1n) is 8.19. The first kappa shape index (κ1) is 16.7. The number of hydrogen-bond donors (Lipinski definition) is 2. The summed E-state index contributed by atoms with van der Waals surface area (Å²) in [6.07, 6.45) is 8.51. The average Bonchev–Trinajstić information content (AvgIpc) is 2.80. The van der Waals surface area contributed by atoms with Gasteiger partial charge >= 0.3 is 0 Å². The summed E-state index contributed by atoms with van der Waals surface area (Å²) in [5.41, 5.74) is 3.84. The fraction of sp³-hybridized carbons (Fsp3) is 0.667. The number of hydrogen-bond acceptors (Lipinski definition) is 3. The number of phenols is 1. The molecule has 0 saturated carbocycles. The smallest absolute Gasteiger partial charge is 0.120 e. The third-order valence-electron chi connectivity index (χ3n) is 4.58. The highest BCUT2D eigenvalue weighted by atomic mass is 32.2. The van der Waals surface area contributed by atoms with E-state index in [9.17, 15) is 5.11 Å². The number of unbranched alkanes of at least 4 members (excludes halogenated alkanes) is 3. The molecule has 118 valence electrons. The molecule has 1 aliphatic rings. The van der Waals surface area contributed by atoms with Crippen LogP contribution >= 0.6 is 11.8 Å². The van der Waals surface area contributed by atoms with Crippen molar-refractivity contribution < 1.29 is 5.11 Å². The second-order valence-corrected chi connectivity index (χ2v) is 7.27. The quantitative estimate of drug-likeness (QED) is 0.679. The van der Waals surface area contributed by atoms with E-state index in [0.717, 1.165) is 18.5 Å². The van der Waals surface area contributed by atoms with Crippen LogP contribution in [-0.4, -0.2) is 23.7 Å². The van der Waals surface area contributed by atoms with E-state index in [1.165, 1.54) is 42.6 Å². The van der Waals surface area contributed by atoms with Crippen molar-refractivity contribution in [1.82, 2.24) is 5.32 Å². The molecule has 3 heteroatoms. The second-order valence-electron chi connectivity index (χ2n) is 6.28. The van der Waals surface area contributed by atoms with Crippen LogP contribution in [0.4, 0.5) is 0 Å². The Balaban J connectivity index is 1.83. The molecule has 2 nitrogen and oxygen atoms in total. The molecule has 0 heterocycles. The van der Waals surface area contributed by atoms with Crippen LogP contribution in [0.1, 0.15) is 67.7 Å². The molecule has 2 rings (SSSR count). The van der Waals surface area contributed by atoms with Crippen LogP contribution in [0.2, 0.25) is 0 Å². The number of fused-ring (bicyclic) bond motifs is 1. The van der Waals surface area contributed by atoms with Crippen LogP contribution in [-0.2, 0) is 0 Å². The number of phenolic OH excluding ortho intramolecular Hbond substituents is 1. The Hall–Kier alpha value is -0.670. The number of aromatic hydroxyl groups is 1. The Kier molecular flexibility index (Phi) is 6.43. The molecule has 0 spiro atoms. The summed E-state index contributed by atoms with van der Waals surface area (Å²) in [5.74, 6) is 2.30. The van der Waals surface area contributed by atoms with Crippen molar-refractivity contribution >= 4 is 11.8 Å². The molecule has 0 amide bonds. The Morgan fingerprint density at radius 2 is 1.95 bits per heavy atom. The van der Waals surface area contributed by atoms with Gasteiger partial charge in [0.15, 0.2) is 0 Å². The summed E-state index contributed by atoms with van der Waals surface area (Å²) in [5, 5.41) is 13.9. The first-order chi connectivity index (χ1) is 10.1. The summed E-state index contributed by atoms with van der Waals surface area (Å²) in [7, 11) is 0. The van der Waals surface area contributed by atoms with E-state index in [2.05, 4.69) is 25.4 Å². The highest BCUT2D eigenvalue weighted by Gasteiger charge is 2.31. The third-order valence-corrected chi connectivity index (χ3v) is 5.28. The molecule has 2 unspecified atom stereocenters. The Labute approximate surface area is 133 Å². The summed E-state index contributed by atoms with van der Waals surface area (Å²) in [4.78, 5) is 0. The predicted octanol–water partition coefficient (Wildman–Crippen LogP) is 4.76. The van der Waals surface area contributed by atoms with Crippen molar-refractivity contribution in [2.24, 2.45) is 0 Å². The van der Waals surface area contributed by atoms with Crippen molar-refractivity contribution in [1.29, 1.82) is 0 Å². The minimum absolute atomic E-state index is 0.334. The zero-order valence-corrected chi connectivity index (χ0v) is 14.4. The molecule has 2 N–H and O–H groups in total. The average molecular weight is 308 g/mol. The van der Waals surface area contributed by atoms with Crippen LogP contribution in [0, 0.1) is 6.92 Å². The second kappa shape index (κ2) is 8.09. The first-order valence-corrected chi connectivity index (χ1v) is 9.59. The highest BCUT2D eigenvalue weighted by molar-refractivity contribution is 7.98. The van der Waals surface area contributed by atoms with Gasteiger partial charge in [0.25, 0.3) is 0 Å². The molecular weight excluding hydrogens is 278 g/mol. The maximum Gasteiger partial charge on any atom is 0.120 e. The molecule has 0 saturated heterocycles. The van der Waals surface area contributed by atoms with Crippen molar-refractivity contribution in [2.45, 2.75) is 57.9 Å². The molecular formula is C18H29NOS. The van der Waals surface area contributed by atoms with Gasteiger partial charge in [-0.15, -0.1) is 0 Å². The van der Waals surface area contributed by atoms with Crippen molar-refractivity contribution in [3.8, 4) is 5.75 Å². The molecule has 1 aliphatic carbocycles. The molecule has 0 aliphatic heterocycles. The zero-order chi connectivity index (χ0) is 15.2. The minimum atomic E-state index is 0.334. The van der Waals surface area contributed by atoms with Gasteiger partial charge in [0.2, 0.25) is 0 Å². The van der Waals surface area contributed by atoms with E-state index in [-0.39, 0.29) is 0 Å². The van der Waals surface area contributed by atoms with Gasteiger partial charge in [-0.3, -0.25) is 0 Å². The van der Waals surface area contributed by atoms with Gasteiger partial charge < -0.3 is 10.4 Å². The number of thioether (sulfide) groups is 1. The Morgan fingerprint density at radius 3 is 2.71 bits per heavy atom. The van der Waals surface area contributed by atoms with Gasteiger partial charge in [0.05, 0.1) is 0 Å². The SMILES string of the molecule is CSCCCCCCNC1CC(C)c2c(C)ccc(O)c21. The van der Waals surface area contributed by atoms with E-state index in [0.29, 0.717) is 17.7 Å². The lowest BCUT2D eigenvalue weighted by Crippen LogP contribution is -2.20. The molecule has 1 aromatic carbocycles. The fourth-order valence-electron chi connectivity index (χ4n) is 3.53. The predicted molar refractivity (Wildman–Crippen MR) is 93.5 cm³/mol. The molecule has 2 atom stereocenters. The molecule has 0 fully saturated rings. The summed E-state index contributed by atoms with van der Waals surface area (Å²) in [6, 6.07) is 4.23. The maximum atomic E-state index is 10.2. The zero-order valence-electron chi connectivity index (χ0n) is 13.6. The van der Waals surface area contributed by atoms with Crippen molar-refractivity contribution in [3.63, 3.8) is 0 Å². The van der Waals surface area contributed by atoms with Gasteiger partial charge in [-0.05, 0) is 67.9 Å². The van der Waals surface area contributed by atoms with Gasteiger partial charge in [-0.1, -0.05) is 25.8 Å². The molecule has 0 bridgehead atoms. The lowest BCUT2D eigenvalue weighted by molar-refractivity contribution is 0.442. The minimum Gasteiger partial charge on any atom is -0.508 e. The fourth-order valence-corrected chi connectivity index (χ4v) is 4.02. The topological polar surface area (TPSA) is 32.3 Å². The lowest BCUT2D eigenvalue weighted by Gasteiger charge is -2.15. The normalized spacial score (nSPS) is 20.7. The number of rotatable bonds is 8. The summed E-state index contributed by atoms with van der Waals surface area (Å²) < 4.78 is 0. The number of nitrogens with one attached hydrogen (secondary N) is 1. The molecule has 1 aromatic rings. The van der Waals surface area contributed by atoms with Gasteiger partial charge in [-0.25, -0.2) is 0 Å². The number of aryl methyl sites for hydroxylation is 1. The maximum absolute atomic E-state index is 10.2. The van der Waals surface area contributed by atoms with Crippen LogP contribution in [0.3, 0.4) is 0 Å². The molecule has 0 radical (unpaired) electrons. The molecule has 0 aromatic heterocycles. The largest absolute Gasteiger partial charge is 0.508 e. The van der Waals surface area contributed by atoms with Crippen molar-refractivity contribution in [2.75, 3.05) is 18.6 Å². The van der Waals surface area contributed by atoms with E-state index >= 15 is 0 Å². The van der Waals surface area contributed by atoms with Gasteiger partial charge in [0, 0.05) is 11.6 Å². The van der Waals surface area contributed by atoms with E-state index in [1.54, 1.807) is 0 Å². The monoisotopic (exact) mass is 307 g/mol. The Bertz CT molecular complexity index is 461. The van der Waals surface area contributed by atoms with E-state index < -0.39 is 0 Å². The van der Waals surface area contributed by atoms with Gasteiger partial charge in [-0.2, -0.15) is 11.8 Å². The summed E-state index contributed by atoms with van der Waals surface area (Å²) in [6.45, 7) is 5.49.